The van der Waals surface area contributed by atoms with Gasteiger partial charge in [0, 0.05) is 5.56 Å². The minimum atomic E-state index is -1.40. The quantitative estimate of drug-likeness (QED) is 0.596. The van der Waals surface area contributed by atoms with Crippen LogP contribution in [0, 0.1) is 5.82 Å². The average Bonchev–Trinajstić information content (AvgIpc) is 2.66. The molecule has 0 bridgehead atoms. The normalized spacial score (nSPS) is 10.6. The number of ether oxygens (including phenoxy) is 2. The van der Waals surface area contributed by atoms with Gasteiger partial charge in [0.2, 0.25) is 0 Å². The van der Waals surface area contributed by atoms with Crippen molar-refractivity contribution in [2.75, 3.05) is 6.61 Å². The minimum Gasteiger partial charge on any atom is -0.476 e. The highest BCUT2D eigenvalue weighted by molar-refractivity contribution is 5.95. The summed E-state index contributed by atoms with van der Waals surface area (Å²) in [4.78, 5) is 35.6. The summed E-state index contributed by atoms with van der Waals surface area (Å²) >= 11 is 0. The van der Waals surface area contributed by atoms with Crippen LogP contribution >= 0.6 is 0 Å². The number of hydrazine groups is 1. The predicted molar refractivity (Wildman–Crippen MR) is 94.1 cm³/mol. The van der Waals surface area contributed by atoms with Crippen molar-refractivity contribution in [3.05, 3.63) is 66.0 Å². The Bertz CT molecular complexity index is 807. The Morgan fingerprint density at radius 1 is 0.963 bits per heavy atom. The van der Waals surface area contributed by atoms with E-state index in [0.717, 1.165) is 0 Å². The molecule has 2 aromatic rings. The molecule has 0 aliphatic rings. The van der Waals surface area contributed by atoms with Gasteiger partial charge in [-0.25, -0.2) is 9.18 Å². The van der Waals surface area contributed by atoms with Gasteiger partial charge in [-0.2, -0.15) is 0 Å². The first kappa shape index (κ1) is 19.9. The Morgan fingerprint density at radius 2 is 1.59 bits per heavy atom. The van der Waals surface area contributed by atoms with E-state index in [1.807, 2.05) is 0 Å². The first-order chi connectivity index (χ1) is 12.8. The van der Waals surface area contributed by atoms with Crippen LogP contribution in [-0.4, -0.2) is 30.0 Å². The summed E-state index contributed by atoms with van der Waals surface area (Å²) < 4.78 is 23.3. The summed E-state index contributed by atoms with van der Waals surface area (Å²) in [6, 6.07) is 13.4. The fourth-order valence-electron chi connectivity index (χ4n) is 1.97. The maximum Gasteiger partial charge on any atom is 0.350 e. The van der Waals surface area contributed by atoms with E-state index < -0.39 is 35.8 Å². The van der Waals surface area contributed by atoms with E-state index in [2.05, 4.69) is 10.9 Å². The molecule has 0 aliphatic carbocycles. The molecule has 2 aromatic carbocycles. The number of carbonyl (C=O) groups excluding carboxylic acids is 3. The molecule has 7 nitrogen and oxygen atoms in total. The highest BCUT2D eigenvalue weighted by Gasteiger charge is 2.32. The third-order valence-corrected chi connectivity index (χ3v) is 3.36. The van der Waals surface area contributed by atoms with Crippen molar-refractivity contribution in [1.82, 2.24) is 10.9 Å². The smallest absolute Gasteiger partial charge is 0.350 e. The maximum absolute atomic E-state index is 12.9. The van der Waals surface area contributed by atoms with E-state index in [4.69, 9.17) is 9.47 Å². The van der Waals surface area contributed by atoms with Crippen molar-refractivity contribution in [3.8, 4) is 5.75 Å². The molecule has 0 fully saturated rings. The summed E-state index contributed by atoms with van der Waals surface area (Å²) in [6.07, 6.45) is 0. The highest BCUT2D eigenvalue weighted by atomic mass is 19.1. The van der Waals surface area contributed by atoms with Gasteiger partial charge in [-0.05, 0) is 50.2 Å². The molecule has 8 heteroatoms. The Labute approximate surface area is 155 Å². The van der Waals surface area contributed by atoms with Crippen LogP contribution in [0.2, 0.25) is 0 Å². The average molecular weight is 374 g/mol. The van der Waals surface area contributed by atoms with Gasteiger partial charge in [-0.15, -0.1) is 0 Å². The molecule has 2 rings (SSSR count). The van der Waals surface area contributed by atoms with E-state index in [-0.39, 0.29) is 5.75 Å². The summed E-state index contributed by atoms with van der Waals surface area (Å²) in [6.45, 7) is 2.30. The summed E-state index contributed by atoms with van der Waals surface area (Å²) in [5.74, 6) is -2.17. The maximum atomic E-state index is 12.9. The number of hydrogen-bond acceptors (Lipinski definition) is 5. The summed E-state index contributed by atoms with van der Waals surface area (Å²) in [5, 5.41) is 0. The number of nitrogens with one attached hydrogen (secondary N) is 2. The number of carbonyl (C=O) groups is 3. The number of hydrogen-bond donors (Lipinski definition) is 2. The van der Waals surface area contributed by atoms with E-state index in [9.17, 15) is 18.8 Å². The molecule has 0 radical (unpaired) electrons. The van der Waals surface area contributed by atoms with Gasteiger partial charge in [0.15, 0.2) is 12.2 Å². The molecule has 0 heterocycles. The molecule has 0 spiro atoms. The van der Waals surface area contributed by atoms with Gasteiger partial charge in [0.1, 0.15) is 11.6 Å². The second kappa shape index (κ2) is 8.79. The van der Waals surface area contributed by atoms with Crippen molar-refractivity contribution >= 4 is 17.8 Å². The second-order valence-electron chi connectivity index (χ2n) is 6.01. The topological polar surface area (TPSA) is 93.7 Å². The molecule has 0 saturated heterocycles. The zero-order valence-electron chi connectivity index (χ0n) is 14.8. The third-order valence-electron chi connectivity index (χ3n) is 3.36. The van der Waals surface area contributed by atoms with Crippen LogP contribution in [0.25, 0.3) is 0 Å². The van der Waals surface area contributed by atoms with Crippen molar-refractivity contribution in [3.63, 3.8) is 0 Å². The fourth-order valence-corrected chi connectivity index (χ4v) is 1.97. The van der Waals surface area contributed by atoms with Crippen LogP contribution in [0.15, 0.2) is 54.6 Å². The van der Waals surface area contributed by atoms with Gasteiger partial charge in [0.05, 0.1) is 0 Å². The van der Waals surface area contributed by atoms with E-state index in [1.165, 1.54) is 38.1 Å². The fraction of sp³-hybridized carbons (Fsp3) is 0.211. The largest absolute Gasteiger partial charge is 0.476 e. The predicted octanol–water partition coefficient (Wildman–Crippen LogP) is 1.99. The van der Waals surface area contributed by atoms with Gasteiger partial charge < -0.3 is 9.47 Å². The van der Waals surface area contributed by atoms with Crippen molar-refractivity contribution < 1.29 is 28.2 Å². The lowest BCUT2D eigenvalue weighted by molar-refractivity contribution is -0.162. The molecule has 0 aromatic heterocycles. The van der Waals surface area contributed by atoms with Gasteiger partial charge in [0.25, 0.3) is 11.8 Å². The van der Waals surface area contributed by atoms with Crippen molar-refractivity contribution in [2.45, 2.75) is 19.4 Å². The Balaban J connectivity index is 1.78. The van der Waals surface area contributed by atoms with Crippen LogP contribution in [0.3, 0.4) is 0 Å². The van der Waals surface area contributed by atoms with Gasteiger partial charge in [-0.1, -0.05) is 18.2 Å². The lowest BCUT2D eigenvalue weighted by Crippen LogP contribution is -2.45. The minimum absolute atomic E-state index is 0.276. The van der Waals surface area contributed by atoms with Crippen LogP contribution in [-0.2, 0) is 14.3 Å². The standard InChI is InChI=1S/C19H19FN2O5/c1-19(2,27-15-10-8-14(20)9-11-15)18(25)26-12-16(23)21-22-17(24)13-6-4-3-5-7-13/h3-11H,12H2,1-2H3,(H,21,23)(H,22,24). The molecule has 142 valence electrons. The van der Waals surface area contributed by atoms with Gasteiger partial charge >= 0.3 is 5.97 Å². The number of benzene rings is 2. The molecule has 27 heavy (non-hydrogen) atoms. The number of esters is 1. The molecule has 2 amide bonds. The summed E-state index contributed by atoms with van der Waals surface area (Å²) in [7, 11) is 0. The molecule has 0 saturated carbocycles. The number of rotatable bonds is 6. The number of halogens is 1. The van der Waals surface area contributed by atoms with Crippen LogP contribution in [0.5, 0.6) is 5.75 Å². The molecular weight excluding hydrogens is 355 g/mol. The number of amides is 2. The van der Waals surface area contributed by atoms with Crippen LogP contribution < -0.4 is 15.6 Å². The second-order valence-corrected chi connectivity index (χ2v) is 6.01. The third kappa shape index (κ3) is 6.10. The monoisotopic (exact) mass is 374 g/mol. The van der Waals surface area contributed by atoms with Crippen LogP contribution in [0.1, 0.15) is 24.2 Å². The Kier molecular flexibility index (Phi) is 6.48. The Morgan fingerprint density at radius 3 is 2.22 bits per heavy atom. The van der Waals surface area contributed by atoms with Crippen LogP contribution in [0.4, 0.5) is 4.39 Å². The zero-order chi connectivity index (χ0) is 19.9. The van der Waals surface area contributed by atoms with Gasteiger partial charge in [-0.3, -0.25) is 20.4 Å². The zero-order valence-corrected chi connectivity index (χ0v) is 14.8. The molecule has 0 unspecified atom stereocenters. The van der Waals surface area contributed by atoms with Crippen molar-refractivity contribution in [1.29, 1.82) is 0 Å². The molecule has 0 aliphatic heterocycles. The first-order valence-electron chi connectivity index (χ1n) is 8.04. The Hall–Kier alpha value is -3.42. The lowest BCUT2D eigenvalue weighted by atomic mass is 10.1. The highest BCUT2D eigenvalue weighted by Crippen LogP contribution is 2.19. The molecule has 2 N–H and O–H groups in total. The summed E-state index contributed by atoms with van der Waals surface area (Å²) in [5.41, 5.74) is 3.32. The molecular formula is C19H19FN2O5. The lowest BCUT2D eigenvalue weighted by Gasteiger charge is -2.24. The van der Waals surface area contributed by atoms with E-state index >= 15 is 0 Å². The molecule has 0 atom stereocenters. The SMILES string of the molecule is CC(C)(Oc1ccc(F)cc1)C(=O)OCC(=O)NNC(=O)c1ccccc1. The van der Waals surface area contributed by atoms with Crippen molar-refractivity contribution in [2.24, 2.45) is 0 Å². The van der Waals surface area contributed by atoms with E-state index in [1.54, 1.807) is 30.3 Å². The first-order valence-corrected chi connectivity index (χ1v) is 8.04. The van der Waals surface area contributed by atoms with E-state index in [0.29, 0.717) is 5.56 Å².